The molecule has 3 unspecified atom stereocenters. The van der Waals surface area contributed by atoms with Crippen LogP contribution in [-0.4, -0.2) is 48.2 Å². The monoisotopic (exact) mass is 365 g/mol. The summed E-state index contributed by atoms with van der Waals surface area (Å²) < 4.78 is 18.6. The lowest BCUT2D eigenvalue weighted by Gasteiger charge is -2.37. The van der Waals surface area contributed by atoms with Crippen molar-refractivity contribution in [3.63, 3.8) is 0 Å². The molecule has 1 saturated heterocycles. The van der Waals surface area contributed by atoms with Gasteiger partial charge < -0.3 is 20.3 Å². The molecule has 144 valence electrons. The third kappa shape index (κ3) is 5.98. The number of hydrogen-bond donors (Lipinski definition) is 2. The molecule has 1 aromatic carbocycles. The molecule has 0 bridgehead atoms. The summed E-state index contributed by atoms with van der Waals surface area (Å²) in [6, 6.07) is 4.95. The van der Waals surface area contributed by atoms with Crippen LogP contribution in [0.4, 0.5) is 9.18 Å². The third-order valence-corrected chi connectivity index (χ3v) is 4.28. The lowest BCUT2D eigenvalue weighted by Crippen LogP contribution is -2.56. The zero-order valence-electron chi connectivity index (χ0n) is 15.6. The summed E-state index contributed by atoms with van der Waals surface area (Å²) in [6.07, 6.45) is 1.32. The van der Waals surface area contributed by atoms with Crippen molar-refractivity contribution >= 4 is 11.9 Å². The van der Waals surface area contributed by atoms with Crippen LogP contribution >= 0.6 is 0 Å². The first-order valence-electron chi connectivity index (χ1n) is 9.12. The number of hydrogen-bond acceptors (Lipinski definition) is 3. The SMILES string of the molecule is CCCC(NC(=O)NCc1ccc(F)cc1)C(=O)N1CC(C)OC(C)C1. The number of amides is 3. The van der Waals surface area contributed by atoms with Crippen molar-refractivity contribution in [2.45, 2.75) is 58.4 Å². The molecule has 1 fully saturated rings. The van der Waals surface area contributed by atoms with E-state index in [2.05, 4.69) is 10.6 Å². The van der Waals surface area contributed by atoms with Crippen LogP contribution in [0.3, 0.4) is 0 Å². The number of nitrogens with zero attached hydrogens (tertiary/aromatic N) is 1. The topological polar surface area (TPSA) is 70.7 Å². The second-order valence-electron chi connectivity index (χ2n) is 6.80. The number of urea groups is 1. The van der Waals surface area contributed by atoms with Crippen LogP contribution in [0.15, 0.2) is 24.3 Å². The number of carbonyl (C=O) groups is 2. The molecule has 0 saturated carbocycles. The van der Waals surface area contributed by atoms with Crippen LogP contribution in [-0.2, 0) is 16.1 Å². The maximum Gasteiger partial charge on any atom is 0.315 e. The number of carbonyl (C=O) groups excluding carboxylic acids is 2. The highest BCUT2D eigenvalue weighted by atomic mass is 19.1. The highest BCUT2D eigenvalue weighted by Gasteiger charge is 2.31. The molecule has 1 aliphatic rings. The van der Waals surface area contributed by atoms with Gasteiger partial charge >= 0.3 is 6.03 Å². The molecule has 1 aliphatic heterocycles. The van der Waals surface area contributed by atoms with E-state index < -0.39 is 12.1 Å². The molecule has 0 aromatic heterocycles. The zero-order chi connectivity index (χ0) is 19.1. The molecule has 2 rings (SSSR count). The zero-order valence-corrected chi connectivity index (χ0v) is 15.6. The van der Waals surface area contributed by atoms with Crippen LogP contribution < -0.4 is 10.6 Å². The average molecular weight is 365 g/mol. The molecule has 26 heavy (non-hydrogen) atoms. The summed E-state index contributed by atoms with van der Waals surface area (Å²) in [5.41, 5.74) is 0.788. The van der Waals surface area contributed by atoms with Crippen LogP contribution in [0.25, 0.3) is 0 Å². The second kappa shape index (κ2) is 9.52. The van der Waals surface area contributed by atoms with E-state index in [1.165, 1.54) is 12.1 Å². The summed E-state index contributed by atoms with van der Waals surface area (Å²) in [6.45, 7) is 7.18. The van der Waals surface area contributed by atoms with E-state index in [-0.39, 0.29) is 30.5 Å². The Morgan fingerprint density at radius 3 is 2.42 bits per heavy atom. The predicted molar refractivity (Wildman–Crippen MR) is 97.1 cm³/mol. The van der Waals surface area contributed by atoms with Gasteiger partial charge in [0, 0.05) is 19.6 Å². The third-order valence-electron chi connectivity index (χ3n) is 4.28. The number of halogens is 1. The molecule has 1 heterocycles. The molecular weight excluding hydrogens is 337 g/mol. The van der Waals surface area contributed by atoms with Gasteiger partial charge in [0.1, 0.15) is 11.9 Å². The number of nitrogens with one attached hydrogen (secondary N) is 2. The number of morpholine rings is 1. The van der Waals surface area contributed by atoms with Gasteiger partial charge in [0.15, 0.2) is 0 Å². The summed E-state index contributed by atoms with van der Waals surface area (Å²) in [7, 11) is 0. The molecule has 2 N–H and O–H groups in total. The van der Waals surface area contributed by atoms with E-state index in [1.54, 1.807) is 17.0 Å². The Kier molecular flexibility index (Phi) is 7.38. The van der Waals surface area contributed by atoms with Gasteiger partial charge in [0.25, 0.3) is 0 Å². The molecular formula is C19H28FN3O3. The predicted octanol–water partition coefficient (Wildman–Crippen LogP) is 2.43. The first-order chi connectivity index (χ1) is 12.4. The Balaban J connectivity index is 1.90. The number of ether oxygens (including phenoxy) is 1. The largest absolute Gasteiger partial charge is 0.372 e. The summed E-state index contributed by atoms with van der Waals surface area (Å²) >= 11 is 0. The van der Waals surface area contributed by atoms with Gasteiger partial charge in [-0.15, -0.1) is 0 Å². The van der Waals surface area contributed by atoms with Crippen molar-refractivity contribution in [3.8, 4) is 0 Å². The van der Waals surface area contributed by atoms with Gasteiger partial charge in [-0.05, 0) is 38.0 Å². The van der Waals surface area contributed by atoms with E-state index in [0.29, 0.717) is 19.5 Å². The van der Waals surface area contributed by atoms with E-state index in [4.69, 9.17) is 4.74 Å². The van der Waals surface area contributed by atoms with Crippen LogP contribution in [0.5, 0.6) is 0 Å². The number of benzene rings is 1. The van der Waals surface area contributed by atoms with Crippen LogP contribution in [0.1, 0.15) is 39.2 Å². The first kappa shape index (κ1) is 20.2. The standard InChI is InChI=1S/C19H28FN3O3/c1-4-5-17(18(24)23-11-13(2)26-14(3)12-23)22-19(25)21-10-15-6-8-16(20)9-7-15/h6-9,13-14,17H,4-5,10-12H2,1-3H3,(H2,21,22,25). The maximum absolute atomic E-state index is 12.9. The van der Waals surface area contributed by atoms with Gasteiger partial charge in [0.05, 0.1) is 12.2 Å². The van der Waals surface area contributed by atoms with E-state index >= 15 is 0 Å². The smallest absolute Gasteiger partial charge is 0.315 e. The number of rotatable bonds is 6. The van der Waals surface area contributed by atoms with Crippen molar-refractivity contribution in [2.24, 2.45) is 0 Å². The van der Waals surface area contributed by atoms with Crippen molar-refractivity contribution in [3.05, 3.63) is 35.6 Å². The van der Waals surface area contributed by atoms with Gasteiger partial charge in [-0.2, -0.15) is 0 Å². The summed E-state index contributed by atoms with van der Waals surface area (Å²) in [5.74, 6) is -0.397. The van der Waals surface area contributed by atoms with Gasteiger partial charge in [0.2, 0.25) is 5.91 Å². The van der Waals surface area contributed by atoms with Crippen LogP contribution in [0.2, 0.25) is 0 Å². The molecule has 6 nitrogen and oxygen atoms in total. The normalized spacial score (nSPS) is 21.2. The highest BCUT2D eigenvalue weighted by molar-refractivity contribution is 5.87. The minimum Gasteiger partial charge on any atom is -0.372 e. The fourth-order valence-electron chi connectivity index (χ4n) is 3.12. The fourth-order valence-corrected chi connectivity index (χ4v) is 3.12. The molecule has 3 atom stereocenters. The Labute approximate surface area is 154 Å². The molecule has 3 amide bonds. The van der Waals surface area contributed by atoms with Gasteiger partial charge in [-0.25, -0.2) is 9.18 Å². The minimum absolute atomic E-state index is 0.0164. The van der Waals surface area contributed by atoms with Crippen molar-refractivity contribution in [2.75, 3.05) is 13.1 Å². The Hall–Kier alpha value is -2.15. The van der Waals surface area contributed by atoms with Gasteiger partial charge in [-0.1, -0.05) is 25.5 Å². The Morgan fingerprint density at radius 2 is 1.85 bits per heavy atom. The second-order valence-corrected chi connectivity index (χ2v) is 6.80. The van der Waals surface area contributed by atoms with E-state index in [0.717, 1.165) is 12.0 Å². The lowest BCUT2D eigenvalue weighted by molar-refractivity contribution is -0.145. The van der Waals surface area contributed by atoms with Crippen molar-refractivity contribution in [1.29, 1.82) is 0 Å². The molecule has 7 heteroatoms. The quantitative estimate of drug-likeness (QED) is 0.813. The average Bonchev–Trinajstić information content (AvgIpc) is 2.59. The lowest BCUT2D eigenvalue weighted by atomic mass is 10.1. The molecule has 1 aromatic rings. The molecule has 0 radical (unpaired) electrons. The highest BCUT2D eigenvalue weighted by Crippen LogP contribution is 2.13. The minimum atomic E-state index is -0.564. The van der Waals surface area contributed by atoms with E-state index in [1.807, 2.05) is 20.8 Å². The van der Waals surface area contributed by atoms with E-state index in [9.17, 15) is 14.0 Å². The summed E-state index contributed by atoms with van der Waals surface area (Å²) in [4.78, 5) is 26.8. The molecule has 0 spiro atoms. The van der Waals surface area contributed by atoms with Crippen molar-refractivity contribution in [1.82, 2.24) is 15.5 Å². The van der Waals surface area contributed by atoms with Crippen molar-refractivity contribution < 1.29 is 18.7 Å². The van der Waals surface area contributed by atoms with Crippen LogP contribution in [0, 0.1) is 5.82 Å². The Bertz CT molecular complexity index is 599. The fraction of sp³-hybridized carbons (Fsp3) is 0.579. The maximum atomic E-state index is 12.9. The first-order valence-corrected chi connectivity index (χ1v) is 9.12. The molecule has 0 aliphatic carbocycles. The Morgan fingerprint density at radius 1 is 1.23 bits per heavy atom. The van der Waals surface area contributed by atoms with Gasteiger partial charge in [-0.3, -0.25) is 4.79 Å². The summed E-state index contributed by atoms with van der Waals surface area (Å²) in [5, 5.41) is 5.48.